The van der Waals surface area contributed by atoms with Crippen LogP contribution in [0.3, 0.4) is 0 Å². The van der Waals surface area contributed by atoms with E-state index in [1.807, 2.05) is 48.5 Å². The Morgan fingerprint density at radius 1 is 0.912 bits per heavy atom. The Hall–Kier alpha value is -4.79. The summed E-state index contributed by atoms with van der Waals surface area (Å²) in [5.74, 6) is 0.118. The van der Waals surface area contributed by atoms with E-state index in [2.05, 4.69) is 26.1 Å². The Kier molecular flexibility index (Phi) is 5.35. The second-order valence-corrected chi connectivity index (χ2v) is 7.73. The van der Waals surface area contributed by atoms with E-state index < -0.39 is 0 Å². The molecule has 9 nitrogen and oxygen atoms in total. The predicted octanol–water partition coefficient (Wildman–Crippen LogP) is 4.59. The normalized spacial score (nSPS) is 10.9. The summed E-state index contributed by atoms with van der Waals surface area (Å²) in [5, 5.41) is 18.8. The average molecular weight is 452 g/mol. The van der Waals surface area contributed by atoms with Crippen molar-refractivity contribution in [2.24, 2.45) is 0 Å². The number of carbonyl (C=O) groups is 2. The Bertz CT molecular complexity index is 1500. The molecular formula is C25H20N6O3. The molecule has 0 unspecified atom stereocenters. The molecule has 3 aromatic carbocycles. The highest BCUT2D eigenvalue weighted by molar-refractivity contribution is 6.03. The van der Waals surface area contributed by atoms with Gasteiger partial charge in [-0.1, -0.05) is 40.7 Å². The first-order chi connectivity index (χ1) is 16.5. The number of hydrogen-bond acceptors (Lipinski definition) is 6. The van der Waals surface area contributed by atoms with Gasteiger partial charge in [-0.2, -0.15) is 0 Å². The van der Waals surface area contributed by atoms with E-state index >= 15 is 0 Å². The molecule has 34 heavy (non-hydrogen) atoms. The largest absolute Gasteiger partial charge is 0.355 e. The van der Waals surface area contributed by atoms with Crippen molar-refractivity contribution in [2.75, 3.05) is 10.6 Å². The van der Waals surface area contributed by atoms with Crippen molar-refractivity contribution in [2.45, 2.75) is 13.8 Å². The Morgan fingerprint density at radius 3 is 2.32 bits per heavy atom. The van der Waals surface area contributed by atoms with E-state index in [1.165, 1.54) is 6.92 Å². The predicted molar refractivity (Wildman–Crippen MR) is 128 cm³/mol. The lowest BCUT2D eigenvalue weighted by Gasteiger charge is -2.07. The molecule has 0 atom stereocenters. The molecular weight excluding hydrogens is 432 g/mol. The van der Waals surface area contributed by atoms with E-state index in [4.69, 9.17) is 4.52 Å². The second-order valence-electron chi connectivity index (χ2n) is 7.73. The van der Waals surface area contributed by atoms with Gasteiger partial charge in [0.1, 0.15) is 5.52 Å². The Balaban J connectivity index is 1.41. The van der Waals surface area contributed by atoms with E-state index in [0.717, 1.165) is 22.2 Å². The summed E-state index contributed by atoms with van der Waals surface area (Å²) in [6.07, 6.45) is 0. The van der Waals surface area contributed by atoms with Crippen LogP contribution in [0, 0.1) is 6.92 Å². The standard InChI is InChI=1S/C25H20N6O3/c1-15-23(25(33)27-19-10-8-18(9-11-19)26-16(2)32)28-30-31(15)20-12-13-22-21(14-20)24(34-29-22)17-6-4-3-5-7-17/h3-14H,1-2H3,(H,26,32)(H,27,33). The number of nitrogens with zero attached hydrogens (tertiary/aromatic N) is 4. The molecule has 0 saturated heterocycles. The fraction of sp³-hybridized carbons (Fsp3) is 0.0800. The minimum Gasteiger partial charge on any atom is -0.355 e. The van der Waals surface area contributed by atoms with Crippen molar-refractivity contribution in [1.82, 2.24) is 20.2 Å². The highest BCUT2D eigenvalue weighted by atomic mass is 16.5. The first-order valence-electron chi connectivity index (χ1n) is 10.6. The molecule has 0 spiro atoms. The van der Waals surface area contributed by atoms with Gasteiger partial charge in [0.25, 0.3) is 5.91 Å². The summed E-state index contributed by atoms with van der Waals surface area (Å²) in [4.78, 5) is 24.0. The fourth-order valence-corrected chi connectivity index (χ4v) is 3.67. The number of aromatic nitrogens is 4. The van der Waals surface area contributed by atoms with Gasteiger partial charge in [0.2, 0.25) is 5.91 Å². The van der Waals surface area contributed by atoms with Crippen LogP contribution >= 0.6 is 0 Å². The monoisotopic (exact) mass is 452 g/mol. The summed E-state index contributed by atoms with van der Waals surface area (Å²) < 4.78 is 7.19. The average Bonchev–Trinajstić information content (AvgIpc) is 3.43. The van der Waals surface area contributed by atoms with Crippen LogP contribution in [0.5, 0.6) is 0 Å². The van der Waals surface area contributed by atoms with Crippen LogP contribution in [0.15, 0.2) is 77.3 Å². The molecule has 5 rings (SSSR count). The molecule has 2 aromatic heterocycles. The van der Waals surface area contributed by atoms with Crippen LogP contribution in [0.1, 0.15) is 23.1 Å². The summed E-state index contributed by atoms with van der Waals surface area (Å²) in [6, 6.07) is 22.2. The maximum Gasteiger partial charge on any atom is 0.278 e. The molecule has 0 aliphatic carbocycles. The smallest absolute Gasteiger partial charge is 0.278 e. The first kappa shape index (κ1) is 21.1. The number of nitrogens with one attached hydrogen (secondary N) is 2. The number of rotatable bonds is 5. The first-order valence-corrected chi connectivity index (χ1v) is 10.6. The summed E-state index contributed by atoms with van der Waals surface area (Å²) in [6.45, 7) is 3.22. The maximum absolute atomic E-state index is 12.8. The molecule has 0 radical (unpaired) electrons. The highest BCUT2D eigenvalue weighted by Gasteiger charge is 2.19. The number of hydrogen-bond donors (Lipinski definition) is 2. The van der Waals surface area contributed by atoms with Crippen LogP contribution in [-0.4, -0.2) is 32.0 Å². The van der Waals surface area contributed by atoms with Crippen molar-refractivity contribution in [3.05, 3.63) is 84.2 Å². The SMILES string of the molecule is CC(=O)Nc1ccc(NC(=O)c2nnn(-c3ccc4noc(-c5ccccc5)c4c3)c2C)cc1. The Morgan fingerprint density at radius 2 is 1.62 bits per heavy atom. The lowest BCUT2D eigenvalue weighted by Crippen LogP contribution is -2.14. The number of anilines is 2. The summed E-state index contributed by atoms with van der Waals surface area (Å²) >= 11 is 0. The van der Waals surface area contributed by atoms with Crippen LogP contribution in [0.2, 0.25) is 0 Å². The van der Waals surface area contributed by atoms with Gasteiger partial charge in [-0.3, -0.25) is 9.59 Å². The van der Waals surface area contributed by atoms with Gasteiger partial charge in [-0.15, -0.1) is 5.10 Å². The van der Waals surface area contributed by atoms with Crippen LogP contribution in [0.25, 0.3) is 27.9 Å². The van der Waals surface area contributed by atoms with Gasteiger partial charge >= 0.3 is 0 Å². The zero-order valence-corrected chi connectivity index (χ0v) is 18.4. The number of fused-ring (bicyclic) bond motifs is 1. The lowest BCUT2D eigenvalue weighted by atomic mass is 10.1. The molecule has 2 amide bonds. The van der Waals surface area contributed by atoms with Gasteiger partial charge in [0.05, 0.1) is 16.8 Å². The molecule has 2 heterocycles. The quantitative estimate of drug-likeness (QED) is 0.403. The van der Waals surface area contributed by atoms with Crippen LogP contribution in [-0.2, 0) is 4.79 Å². The number of carbonyl (C=O) groups excluding carboxylic acids is 2. The lowest BCUT2D eigenvalue weighted by molar-refractivity contribution is -0.114. The molecule has 9 heteroatoms. The van der Waals surface area contributed by atoms with E-state index in [9.17, 15) is 9.59 Å². The van der Waals surface area contributed by atoms with Gasteiger partial charge in [-0.05, 0) is 49.4 Å². The topological polar surface area (TPSA) is 115 Å². The van der Waals surface area contributed by atoms with E-state index in [-0.39, 0.29) is 17.5 Å². The van der Waals surface area contributed by atoms with E-state index in [0.29, 0.717) is 22.8 Å². The van der Waals surface area contributed by atoms with Crippen molar-refractivity contribution < 1.29 is 14.1 Å². The molecule has 5 aromatic rings. The third-order valence-corrected chi connectivity index (χ3v) is 5.31. The zero-order chi connectivity index (χ0) is 23.7. The molecule has 2 N–H and O–H groups in total. The summed E-state index contributed by atoms with van der Waals surface area (Å²) in [5.41, 5.74) is 4.39. The van der Waals surface area contributed by atoms with Crippen molar-refractivity contribution in [1.29, 1.82) is 0 Å². The highest BCUT2D eigenvalue weighted by Crippen LogP contribution is 2.30. The van der Waals surface area contributed by atoms with Crippen LogP contribution in [0.4, 0.5) is 11.4 Å². The summed E-state index contributed by atoms with van der Waals surface area (Å²) in [7, 11) is 0. The van der Waals surface area contributed by atoms with Gasteiger partial charge in [0, 0.05) is 23.9 Å². The van der Waals surface area contributed by atoms with Gasteiger partial charge in [-0.25, -0.2) is 4.68 Å². The molecule has 0 fully saturated rings. The van der Waals surface area contributed by atoms with Gasteiger partial charge in [0.15, 0.2) is 11.5 Å². The van der Waals surface area contributed by atoms with Crippen molar-refractivity contribution in [3.8, 4) is 17.0 Å². The van der Waals surface area contributed by atoms with E-state index in [1.54, 1.807) is 35.9 Å². The minimum absolute atomic E-state index is 0.163. The Labute approximate surface area is 194 Å². The maximum atomic E-state index is 12.8. The molecule has 0 saturated carbocycles. The van der Waals surface area contributed by atoms with Crippen molar-refractivity contribution in [3.63, 3.8) is 0 Å². The second kappa shape index (κ2) is 8.62. The number of benzene rings is 3. The molecule has 0 bridgehead atoms. The third-order valence-electron chi connectivity index (χ3n) is 5.31. The third kappa shape index (κ3) is 4.02. The molecule has 0 aliphatic heterocycles. The van der Waals surface area contributed by atoms with Crippen LogP contribution < -0.4 is 10.6 Å². The van der Waals surface area contributed by atoms with Gasteiger partial charge < -0.3 is 15.2 Å². The number of amides is 2. The zero-order valence-electron chi connectivity index (χ0n) is 18.4. The minimum atomic E-state index is -0.382. The van der Waals surface area contributed by atoms with Crippen molar-refractivity contribution >= 4 is 34.1 Å². The molecule has 0 aliphatic rings. The molecule has 168 valence electrons. The fourth-order valence-electron chi connectivity index (χ4n) is 3.67.